The third-order valence-electron chi connectivity index (χ3n) is 3.99. The number of piperidine rings is 1. The number of nitrogens with one attached hydrogen (secondary N) is 1. The lowest BCUT2D eigenvalue weighted by atomic mass is 9.97. The van der Waals surface area contributed by atoms with E-state index >= 15 is 0 Å². The second-order valence-corrected chi connectivity index (χ2v) is 5.78. The van der Waals surface area contributed by atoms with Crippen LogP contribution in [0.3, 0.4) is 0 Å². The van der Waals surface area contributed by atoms with Crippen LogP contribution < -0.4 is 5.32 Å². The topological polar surface area (TPSA) is 49.4 Å². The molecule has 1 unspecified atom stereocenters. The maximum atomic E-state index is 12.6. The van der Waals surface area contributed by atoms with Crippen molar-refractivity contribution < 1.29 is 9.59 Å². The number of carbonyl (C=O) groups is 2. The van der Waals surface area contributed by atoms with Gasteiger partial charge in [-0.2, -0.15) is 0 Å². The fourth-order valence-electron chi connectivity index (χ4n) is 2.64. The molecular weight excluding hydrogens is 252 g/mol. The zero-order chi connectivity index (χ0) is 14.8. The first kappa shape index (κ1) is 17.0. The molecule has 1 saturated heterocycles. The highest BCUT2D eigenvalue weighted by atomic mass is 16.2. The van der Waals surface area contributed by atoms with Gasteiger partial charge in [-0.3, -0.25) is 9.59 Å². The van der Waals surface area contributed by atoms with Gasteiger partial charge < -0.3 is 10.2 Å². The van der Waals surface area contributed by atoms with Gasteiger partial charge in [0.1, 0.15) is 0 Å². The van der Waals surface area contributed by atoms with E-state index in [0.717, 1.165) is 25.9 Å². The van der Waals surface area contributed by atoms with Crippen LogP contribution in [0.25, 0.3) is 0 Å². The number of hydrogen-bond acceptors (Lipinski definition) is 2. The van der Waals surface area contributed by atoms with Gasteiger partial charge in [0.25, 0.3) is 0 Å². The lowest BCUT2D eigenvalue weighted by Crippen LogP contribution is -2.45. The smallest absolute Gasteiger partial charge is 0.227 e. The predicted octanol–water partition coefficient (Wildman–Crippen LogP) is 2.72. The predicted molar refractivity (Wildman–Crippen MR) is 81.4 cm³/mol. The molecule has 1 fully saturated rings. The van der Waals surface area contributed by atoms with E-state index in [-0.39, 0.29) is 17.7 Å². The Kier molecular flexibility index (Phi) is 8.31. The summed E-state index contributed by atoms with van der Waals surface area (Å²) in [5.74, 6) is 0.325. The molecule has 4 heteroatoms. The van der Waals surface area contributed by atoms with Crippen molar-refractivity contribution in [2.24, 2.45) is 5.92 Å². The van der Waals surface area contributed by atoms with Gasteiger partial charge in [-0.05, 0) is 19.3 Å². The first-order valence-electron chi connectivity index (χ1n) is 8.24. The summed E-state index contributed by atoms with van der Waals surface area (Å²) in [5.41, 5.74) is 0. The Morgan fingerprint density at radius 1 is 1.15 bits per heavy atom. The molecule has 0 bridgehead atoms. The van der Waals surface area contributed by atoms with Gasteiger partial charge in [0.05, 0.1) is 5.92 Å². The van der Waals surface area contributed by atoms with Crippen molar-refractivity contribution in [1.29, 1.82) is 0 Å². The Hall–Kier alpha value is -1.06. The summed E-state index contributed by atoms with van der Waals surface area (Å²) in [5, 5.41) is 2.82. The first-order chi connectivity index (χ1) is 9.69. The van der Waals surface area contributed by atoms with Crippen molar-refractivity contribution in [2.75, 3.05) is 19.6 Å². The van der Waals surface area contributed by atoms with Crippen molar-refractivity contribution in [3.05, 3.63) is 0 Å². The molecule has 1 aliphatic heterocycles. The van der Waals surface area contributed by atoms with E-state index in [9.17, 15) is 9.59 Å². The normalized spacial score (nSPS) is 18.7. The molecule has 0 saturated carbocycles. The van der Waals surface area contributed by atoms with Gasteiger partial charge in [-0.15, -0.1) is 0 Å². The number of carbonyl (C=O) groups excluding carboxylic acids is 2. The molecule has 1 rings (SSSR count). The van der Waals surface area contributed by atoms with Crippen LogP contribution in [0.2, 0.25) is 0 Å². The molecule has 0 aromatic heterocycles. The molecule has 0 aromatic rings. The van der Waals surface area contributed by atoms with E-state index in [2.05, 4.69) is 19.2 Å². The zero-order valence-electron chi connectivity index (χ0n) is 13.1. The van der Waals surface area contributed by atoms with Gasteiger partial charge in [-0.25, -0.2) is 0 Å². The molecule has 1 N–H and O–H groups in total. The van der Waals surface area contributed by atoms with Crippen LogP contribution in [0.15, 0.2) is 0 Å². The summed E-state index contributed by atoms with van der Waals surface area (Å²) in [6.45, 7) is 6.64. The summed E-state index contributed by atoms with van der Waals surface area (Å²) >= 11 is 0. The van der Waals surface area contributed by atoms with Gasteiger partial charge in [0, 0.05) is 26.1 Å². The van der Waals surface area contributed by atoms with Crippen LogP contribution in [0.1, 0.15) is 65.2 Å². The lowest BCUT2D eigenvalue weighted by Gasteiger charge is -2.29. The zero-order valence-corrected chi connectivity index (χ0v) is 13.1. The maximum Gasteiger partial charge on any atom is 0.227 e. The van der Waals surface area contributed by atoms with E-state index in [1.54, 1.807) is 0 Å². The van der Waals surface area contributed by atoms with E-state index in [4.69, 9.17) is 0 Å². The van der Waals surface area contributed by atoms with Crippen LogP contribution in [0.4, 0.5) is 0 Å². The monoisotopic (exact) mass is 282 g/mol. The number of amides is 2. The molecule has 1 heterocycles. The van der Waals surface area contributed by atoms with Crippen LogP contribution in [-0.4, -0.2) is 36.3 Å². The Labute approximate surface area is 123 Å². The van der Waals surface area contributed by atoms with Crippen LogP contribution in [0.5, 0.6) is 0 Å². The molecular formula is C16H30N2O2. The third-order valence-corrected chi connectivity index (χ3v) is 3.99. The molecule has 4 nitrogen and oxygen atoms in total. The van der Waals surface area contributed by atoms with Crippen LogP contribution in [-0.2, 0) is 9.59 Å². The second-order valence-electron chi connectivity index (χ2n) is 5.78. The molecule has 2 amide bonds. The number of unbranched alkanes of at least 4 members (excludes halogenated alkanes) is 4. The van der Waals surface area contributed by atoms with Gasteiger partial charge in [0.15, 0.2) is 0 Å². The largest absolute Gasteiger partial charge is 0.355 e. The number of rotatable bonds is 9. The van der Waals surface area contributed by atoms with Crippen molar-refractivity contribution in [1.82, 2.24) is 10.2 Å². The highest BCUT2D eigenvalue weighted by molar-refractivity contribution is 5.83. The molecule has 1 atom stereocenters. The lowest BCUT2D eigenvalue weighted by molar-refractivity contribution is -0.137. The fourth-order valence-corrected chi connectivity index (χ4v) is 2.64. The van der Waals surface area contributed by atoms with E-state index in [1.807, 2.05) is 4.90 Å². The average molecular weight is 282 g/mol. The maximum absolute atomic E-state index is 12.6. The van der Waals surface area contributed by atoms with Crippen molar-refractivity contribution in [3.63, 3.8) is 0 Å². The average Bonchev–Trinajstić information content (AvgIpc) is 2.46. The number of hydrogen-bond donors (Lipinski definition) is 1. The van der Waals surface area contributed by atoms with Crippen molar-refractivity contribution >= 4 is 11.8 Å². The minimum atomic E-state index is -0.00375. The van der Waals surface area contributed by atoms with Gasteiger partial charge >= 0.3 is 0 Å². The second kappa shape index (κ2) is 9.78. The highest BCUT2D eigenvalue weighted by Gasteiger charge is 2.27. The molecule has 0 aliphatic carbocycles. The Morgan fingerprint density at radius 3 is 2.20 bits per heavy atom. The summed E-state index contributed by atoms with van der Waals surface area (Å²) in [6.07, 6.45) is 8.10. The van der Waals surface area contributed by atoms with Crippen molar-refractivity contribution in [2.45, 2.75) is 65.2 Å². The molecule has 20 heavy (non-hydrogen) atoms. The molecule has 0 spiro atoms. The van der Waals surface area contributed by atoms with E-state index in [0.29, 0.717) is 19.4 Å². The molecule has 116 valence electrons. The standard InChI is InChI=1S/C16H30N2O2/c1-3-5-7-11-18(12-8-6-4-2)16(20)14-9-10-15(19)17-13-14/h14H,3-13H2,1-2H3,(H,17,19). The van der Waals surface area contributed by atoms with E-state index < -0.39 is 0 Å². The van der Waals surface area contributed by atoms with Gasteiger partial charge in [0.2, 0.25) is 11.8 Å². The Morgan fingerprint density at radius 2 is 1.75 bits per heavy atom. The number of nitrogens with zero attached hydrogens (tertiary/aromatic N) is 1. The van der Waals surface area contributed by atoms with E-state index in [1.165, 1.54) is 25.7 Å². The Bertz CT molecular complexity index is 285. The van der Waals surface area contributed by atoms with Gasteiger partial charge in [-0.1, -0.05) is 39.5 Å². The summed E-state index contributed by atoms with van der Waals surface area (Å²) in [4.78, 5) is 25.8. The fraction of sp³-hybridized carbons (Fsp3) is 0.875. The first-order valence-corrected chi connectivity index (χ1v) is 8.24. The summed E-state index contributed by atoms with van der Waals surface area (Å²) in [7, 11) is 0. The van der Waals surface area contributed by atoms with Crippen molar-refractivity contribution in [3.8, 4) is 0 Å². The quantitative estimate of drug-likeness (QED) is 0.661. The Balaban J connectivity index is 2.46. The molecule has 1 aliphatic rings. The highest BCUT2D eigenvalue weighted by Crippen LogP contribution is 2.15. The third kappa shape index (κ3) is 5.93. The summed E-state index contributed by atoms with van der Waals surface area (Å²) in [6, 6.07) is 0. The molecule has 0 radical (unpaired) electrons. The van der Waals surface area contributed by atoms with Crippen LogP contribution >= 0.6 is 0 Å². The van der Waals surface area contributed by atoms with Crippen LogP contribution in [0, 0.1) is 5.92 Å². The SMILES string of the molecule is CCCCCN(CCCCC)C(=O)C1CCC(=O)NC1. The summed E-state index contributed by atoms with van der Waals surface area (Å²) < 4.78 is 0. The minimum absolute atomic E-state index is 0.00375. The minimum Gasteiger partial charge on any atom is -0.355 e. The molecule has 0 aromatic carbocycles.